The molecule has 0 saturated heterocycles. The average molecular weight is 291 g/mol. The van der Waals surface area contributed by atoms with Crippen LogP contribution in [0.15, 0.2) is 30.3 Å². The standard InChI is InChI=1S/C18H29NO2/c1-17(2,3)19-13-12-18(10-7-11-18)21-15-14-20-16-8-5-4-6-9-16/h4-6,8-9,19H,7,10-15H2,1-3H3. The Kier molecular flexibility index (Phi) is 5.65. The van der Waals surface area contributed by atoms with E-state index in [-0.39, 0.29) is 11.1 Å². The van der Waals surface area contributed by atoms with Crippen molar-refractivity contribution in [2.75, 3.05) is 19.8 Å². The van der Waals surface area contributed by atoms with Crippen molar-refractivity contribution < 1.29 is 9.47 Å². The van der Waals surface area contributed by atoms with Crippen molar-refractivity contribution in [1.82, 2.24) is 5.32 Å². The third-order valence-electron chi connectivity index (χ3n) is 4.00. The Bertz CT molecular complexity index is 407. The topological polar surface area (TPSA) is 30.5 Å². The van der Waals surface area contributed by atoms with Gasteiger partial charge in [-0.3, -0.25) is 0 Å². The lowest BCUT2D eigenvalue weighted by molar-refractivity contribution is -0.111. The van der Waals surface area contributed by atoms with E-state index >= 15 is 0 Å². The molecule has 1 aromatic carbocycles. The van der Waals surface area contributed by atoms with Crippen LogP contribution in [0.5, 0.6) is 5.75 Å². The quantitative estimate of drug-likeness (QED) is 0.739. The number of ether oxygens (including phenoxy) is 2. The summed E-state index contributed by atoms with van der Waals surface area (Å²) in [7, 11) is 0. The van der Waals surface area contributed by atoms with Gasteiger partial charge in [0, 0.05) is 5.54 Å². The van der Waals surface area contributed by atoms with Gasteiger partial charge in [-0.15, -0.1) is 0 Å². The van der Waals surface area contributed by atoms with Gasteiger partial charge < -0.3 is 14.8 Å². The fourth-order valence-electron chi connectivity index (χ4n) is 2.64. The zero-order valence-corrected chi connectivity index (χ0v) is 13.7. The molecule has 1 N–H and O–H groups in total. The van der Waals surface area contributed by atoms with Crippen molar-refractivity contribution in [3.05, 3.63) is 30.3 Å². The number of rotatable bonds is 8. The molecule has 0 radical (unpaired) electrons. The number of hydrogen-bond donors (Lipinski definition) is 1. The second-order valence-corrected chi connectivity index (χ2v) is 6.97. The monoisotopic (exact) mass is 291 g/mol. The summed E-state index contributed by atoms with van der Waals surface area (Å²) < 4.78 is 11.8. The Labute approximate surface area is 129 Å². The van der Waals surface area contributed by atoms with Gasteiger partial charge in [-0.05, 0) is 65.1 Å². The Morgan fingerprint density at radius 1 is 1.10 bits per heavy atom. The molecule has 118 valence electrons. The first kappa shape index (κ1) is 16.3. The van der Waals surface area contributed by atoms with Gasteiger partial charge in [-0.2, -0.15) is 0 Å². The second-order valence-electron chi connectivity index (χ2n) is 6.97. The lowest BCUT2D eigenvalue weighted by Gasteiger charge is -2.42. The van der Waals surface area contributed by atoms with Gasteiger partial charge in [0.1, 0.15) is 12.4 Å². The van der Waals surface area contributed by atoms with Crippen LogP contribution >= 0.6 is 0 Å². The lowest BCUT2D eigenvalue weighted by atomic mass is 9.77. The highest BCUT2D eigenvalue weighted by molar-refractivity contribution is 5.20. The molecular formula is C18H29NO2. The molecule has 1 aliphatic rings. The Hall–Kier alpha value is -1.06. The molecule has 1 aromatic rings. The first-order valence-electron chi connectivity index (χ1n) is 8.06. The first-order chi connectivity index (χ1) is 9.99. The Morgan fingerprint density at radius 2 is 1.81 bits per heavy atom. The van der Waals surface area contributed by atoms with E-state index in [0.29, 0.717) is 13.2 Å². The number of hydrogen-bond acceptors (Lipinski definition) is 3. The SMILES string of the molecule is CC(C)(C)NCCC1(OCCOc2ccccc2)CCC1. The largest absolute Gasteiger partial charge is 0.491 e. The maximum atomic E-state index is 6.14. The molecule has 21 heavy (non-hydrogen) atoms. The van der Waals surface area contributed by atoms with E-state index in [2.05, 4.69) is 26.1 Å². The van der Waals surface area contributed by atoms with E-state index in [4.69, 9.17) is 9.47 Å². The highest BCUT2D eigenvalue weighted by Crippen LogP contribution is 2.38. The third kappa shape index (κ3) is 5.68. The van der Waals surface area contributed by atoms with Crippen LogP contribution in [-0.4, -0.2) is 30.9 Å². The van der Waals surface area contributed by atoms with Crippen molar-refractivity contribution in [3.63, 3.8) is 0 Å². The van der Waals surface area contributed by atoms with Crippen LogP contribution in [0, 0.1) is 0 Å². The summed E-state index contributed by atoms with van der Waals surface area (Å²) in [6.45, 7) is 8.92. The number of para-hydroxylation sites is 1. The molecule has 0 spiro atoms. The highest BCUT2D eigenvalue weighted by atomic mass is 16.5. The number of benzene rings is 1. The molecule has 3 heteroatoms. The fraction of sp³-hybridized carbons (Fsp3) is 0.667. The third-order valence-corrected chi connectivity index (χ3v) is 4.00. The zero-order chi connectivity index (χ0) is 15.2. The van der Waals surface area contributed by atoms with Crippen LogP contribution in [0.3, 0.4) is 0 Å². The van der Waals surface area contributed by atoms with Crippen LogP contribution in [-0.2, 0) is 4.74 Å². The van der Waals surface area contributed by atoms with Crippen molar-refractivity contribution in [2.24, 2.45) is 0 Å². The Morgan fingerprint density at radius 3 is 2.38 bits per heavy atom. The Balaban J connectivity index is 1.65. The van der Waals surface area contributed by atoms with Crippen LogP contribution in [0.1, 0.15) is 46.5 Å². The van der Waals surface area contributed by atoms with Crippen molar-refractivity contribution in [2.45, 2.75) is 57.6 Å². The molecule has 0 aromatic heterocycles. The molecule has 0 heterocycles. The van der Waals surface area contributed by atoms with Gasteiger partial charge in [-0.1, -0.05) is 18.2 Å². The summed E-state index contributed by atoms with van der Waals surface area (Å²) in [6.07, 6.45) is 4.75. The molecule has 3 nitrogen and oxygen atoms in total. The van der Waals surface area contributed by atoms with Gasteiger partial charge in [0.15, 0.2) is 0 Å². The summed E-state index contributed by atoms with van der Waals surface area (Å²) in [5.41, 5.74) is 0.277. The molecule has 1 saturated carbocycles. The van der Waals surface area contributed by atoms with Crippen LogP contribution < -0.4 is 10.1 Å². The second kappa shape index (κ2) is 7.28. The van der Waals surface area contributed by atoms with Gasteiger partial charge >= 0.3 is 0 Å². The highest BCUT2D eigenvalue weighted by Gasteiger charge is 2.37. The fourth-order valence-corrected chi connectivity index (χ4v) is 2.64. The minimum Gasteiger partial charge on any atom is -0.491 e. The zero-order valence-electron chi connectivity index (χ0n) is 13.7. The van der Waals surface area contributed by atoms with Gasteiger partial charge in [0.05, 0.1) is 12.2 Å². The molecular weight excluding hydrogens is 262 g/mol. The van der Waals surface area contributed by atoms with E-state index < -0.39 is 0 Å². The summed E-state index contributed by atoms with van der Waals surface area (Å²) >= 11 is 0. The van der Waals surface area contributed by atoms with E-state index in [1.54, 1.807) is 0 Å². The average Bonchev–Trinajstić information content (AvgIpc) is 2.39. The molecule has 2 rings (SSSR count). The predicted molar refractivity (Wildman–Crippen MR) is 86.8 cm³/mol. The molecule has 0 unspecified atom stereocenters. The first-order valence-corrected chi connectivity index (χ1v) is 8.06. The summed E-state index contributed by atoms with van der Waals surface area (Å²) in [6, 6.07) is 9.93. The number of nitrogens with one attached hydrogen (secondary N) is 1. The van der Waals surface area contributed by atoms with E-state index in [9.17, 15) is 0 Å². The smallest absolute Gasteiger partial charge is 0.119 e. The van der Waals surface area contributed by atoms with E-state index in [1.165, 1.54) is 19.3 Å². The lowest BCUT2D eigenvalue weighted by Crippen LogP contribution is -2.46. The van der Waals surface area contributed by atoms with E-state index in [0.717, 1.165) is 18.7 Å². The van der Waals surface area contributed by atoms with Crippen LogP contribution in [0.25, 0.3) is 0 Å². The van der Waals surface area contributed by atoms with Crippen molar-refractivity contribution in [1.29, 1.82) is 0 Å². The van der Waals surface area contributed by atoms with Gasteiger partial charge in [-0.25, -0.2) is 0 Å². The molecule has 1 aliphatic carbocycles. The van der Waals surface area contributed by atoms with Crippen LogP contribution in [0.2, 0.25) is 0 Å². The van der Waals surface area contributed by atoms with Gasteiger partial charge in [0.25, 0.3) is 0 Å². The van der Waals surface area contributed by atoms with Gasteiger partial charge in [0.2, 0.25) is 0 Å². The predicted octanol–water partition coefficient (Wildman–Crippen LogP) is 3.78. The minimum absolute atomic E-state index is 0.0955. The maximum absolute atomic E-state index is 6.14. The molecule has 0 atom stereocenters. The molecule has 1 fully saturated rings. The van der Waals surface area contributed by atoms with Crippen molar-refractivity contribution in [3.8, 4) is 5.75 Å². The molecule has 0 bridgehead atoms. The molecule has 0 amide bonds. The summed E-state index contributed by atoms with van der Waals surface area (Å²) in [4.78, 5) is 0. The summed E-state index contributed by atoms with van der Waals surface area (Å²) in [5, 5.41) is 3.55. The van der Waals surface area contributed by atoms with E-state index in [1.807, 2.05) is 30.3 Å². The maximum Gasteiger partial charge on any atom is 0.119 e. The summed E-state index contributed by atoms with van der Waals surface area (Å²) in [5.74, 6) is 0.915. The van der Waals surface area contributed by atoms with Crippen LogP contribution in [0.4, 0.5) is 0 Å². The minimum atomic E-state index is 0.0955. The normalized spacial score (nSPS) is 17.3. The van der Waals surface area contributed by atoms with Crippen molar-refractivity contribution >= 4 is 0 Å². The molecule has 0 aliphatic heterocycles.